The summed E-state index contributed by atoms with van der Waals surface area (Å²) in [7, 11) is 0. The van der Waals surface area contributed by atoms with Crippen LogP contribution in [-0.4, -0.2) is 43.2 Å². The van der Waals surface area contributed by atoms with E-state index in [1.807, 2.05) is 4.57 Å². The molecule has 0 aromatic carbocycles. The van der Waals surface area contributed by atoms with Gasteiger partial charge in [0.1, 0.15) is 6.33 Å². The minimum atomic E-state index is -0.950. The Morgan fingerprint density at radius 1 is 1.38 bits per heavy atom. The number of fused-ring (bicyclic) bond motifs is 1. The number of hydrogen-bond acceptors (Lipinski definition) is 4. The fourth-order valence-electron chi connectivity index (χ4n) is 1.65. The molecule has 1 amide bonds. The van der Waals surface area contributed by atoms with Crippen LogP contribution in [0.4, 0.5) is 0 Å². The van der Waals surface area contributed by atoms with Crippen molar-refractivity contribution in [3.05, 3.63) is 12.2 Å². The standard InChI is InChI=1S/C9H12N4O3/c14-8(1-2-9(15)16)12-3-4-13-6-10-11-7(13)5-12/h6H,1-5H2,(H,15,16). The second-order valence-corrected chi connectivity index (χ2v) is 3.65. The fraction of sp³-hybridized carbons (Fsp3) is 0.556. The molecule has 7 heteroatoms. The minimum absolute atomic E-state index is 0.0451. The van der Waals surface area contributed by atoms with E-state index in [0.717, 1.165) is 5.82 Å². The molecule has 0 fully saturated rings. The van der Waals surface area contributed by atoms with Crippen molar-refractivity contribution < 1.29 is 14.7 Å². The normalized spacial score (nSPS) is 14.6. The quantitative estimate of drug-likeness (QED) is 0.746. The molecule has 7 nitrogen and oxygen atoms in total. The smallest absolute Gasteiger partial charge is 0.303 e. The minimum Gasteiger partial charge on any atom is -0.481 e. The molecule has 0 saturated carbocycles. The molecule has 0 bridgehead atoms. The van der Waals surface area contributed by atoms with Gasteiger partial charge in [0.05, 0.1) is 13.0 Å². The number of nitrogens with zero attached hydrogens (tertiary/aromatic N) is 4. The average Bonchev–Trinajstić information content (AvgIpc) is 2.72. The predicted molar refractivity (Wildman–Crippen MR) is 52.3 cm³/mol. The first-order valence-electron chi connectivity index (χ1n) is 5.03. The lowest BCUT2D eigenvalue weighted by Gasteiger charge is -2.26. The molecule has 0 atom stereocenters. The number of rotatable bonds is 3. The summed E-state index contributed by atoms with van der Waals surface area (Å²) in [4.78, 5) is 23.6. The van der Waals surface area contributed by atoms with Crippen LogP contribution in [0, 0.1) is 0 Å². The largest absolute Gasteiger partial charge is 0.481 e. The van der Waals surface area contributed by atoms with Gasteiger partial charge in [-0.05, 0) is 0 Å². The number of carbonyl (C=O) groups is 2. The van der Waals surface area contributed by atoms with Gasteiger partial charge >= 0.3 is 5.97 Å². The third kappa shape index (κ3) is 2.18. The third-order valence-electron chi connectivity index (χ3n) is 2.54. The first kappa shape index (κ1) is 10.6. The highest BCUT2D eigenvalue weighted by Crippen LogP contribution is 2.10. The first-order chi connectivity index (χ1) is 7.66. The average molecular weight is 224 g/mol. The Morgan fingerprint density at radius 2 is 2.19 bits per heavy atom. The van der Waals surface area contributed by atoms with Crippen molar-refractivity contribution in [1.29, 1.82) is 0 Å². The molecule has 16 heavy (non-hydrogen) atoms. The van der Waals surface area contributed by atoms with Crippen molar-refractivity contribution in [2.75, 3.05) is 6.54 Å². The Hall–Kier alpha value is -1.92. The Labute approximate surface area is 91.7 Å². The van der Waals surface area contributed by atoms with Crippen LogP contribution in [0.25, 0.3) is 0 Å². The Morgan fingerprint density at radius 3 is 2.94 bits per heavy atom. The van der Waals surface area contributed by atoms with Gasteiger partial charge in [-0.25, -0.2) is 0 Å². The summed E-state index contributed by atoms with van der Waals surface area (Å²) in [5.41, 5.74) is 0. The molecule has 0 aliphatic carbocycles. The Bertz CT molecular complexity index is 415. The number of carbonyl (C=O) groups excluding carboxylic acids is 1. The lowest BCUT2D eigenvalue weighted by molar-refractivity contribution is -0.141. The highest BCUT2D eigenvalue weighted by atomic mass is 16.4. The first-order valence-corrected chi connectivity index (χ1v) is 5.03. The highest BCUT2D eigenvalue weighted by Gasteiger charge is 2.21. The van der Waals surface area contributed by atoms with Crippen LogP contribution in [0.1, 0.15) is 18.7 Å². The molecule has 2 rings (SSSR count). The van der Waals surface area contributed by atoms with Crippen LogP contribution in [0.15, 0.2) is 6.33 Å². The number of aromatic nitrogens is 3. The maximum atomic E-state index is 11.6. The molecule has 0 radical (unpaired) electrons. The van der Waals surface area contributed by atoms with Gasteiger partial charge in [0, 0.05) is 19.5 Å². The molecular weight excluding hydrogens is 212 g/mol. The lowest BCUT2D eigenvalue weighted by Crippen LogP contribution is -2.38. The Balaban J connectivity index is 1.93. The molecule has 1 N–H and O–H groups in total. The van der Waals surface area contributed by atoms with Crippen molar-refractivity contribution in [2.45, 2.75) is 25.9 Å². The van der Waals surface area contributed by atoms with E-state index in [2.05, 4.69) is 10.2 Å². The fourth-order valence-corrected chi connectivity index (χ4v) is 1.65. The van der Waals surface area contributed by atoms with Crippen molar-refractivity contribution in [1.82, 2.24) is 19.7 Å². The van der Waals surface area contributed by atoms with Gasteiger partial charge in [-0.2, -0.15) is 0 Å². The molecule has 0 saturated heterocycles. The number of carboxylic acid groups (broad SMARTS) is 1. The summed E-state index contributed by atoms with van der Waals surface area (Å²) in [5.74, 6) is -0.347. The highest BCUT2D eigenvalue weighted by molar-refractivity contribution is 5.80. The second kappa shape index (κ2) is 4.30. The maximum absolute atomic E-state index is 11.6. The van der Waals surface area contributed by atoms with E-state index in [1.54, 1.807) is 11.2 Å². The van der Waals surface area contributed by atoms with Gasteiger partial charge in [-0.15, -0.1) is 10.2 Å². The van der Waals surface area contributed by atoms with E-state index in [-0.39, 0.29) is 18.7 Å². The summed E-state index contributed by atoms with van der Waals surface area (Å²) >= 11 is 0. The summed E-state index contributed by atoms with van der Waals surface area (Å²) in [6, 6.07) is 0. The van der Waals surface area contributed by atoms with Gasteiger partial charge in [-0.3, -0.25) is 9.59 Å². The van der Waals surface area contributed by atoms with Crippen molar-refractivity contribution in [2.24, 2.45) is 0 Å². The SMILES string of the molecule is O=C(O)CCC(=O)N1CCn2cnnc2C1. The van der Waals surface area contributed by atoms with Gasteiger partial charge < -0.3 is 14.6 Å². The monoisotopic (exact) mass is 224 g/mol. The second-order valence-electron chi connectivity index (χ2n) is 3.65. The topological polar surface area (TPSA) is 88.3 Å². The van der Waals surface area contributed by atoms with E-state index in [1.165, 1.54) is 0 Å². The molecular formula is C9H12N4O3. The van der Waals surface area contributed by atoms with E-state index in [0.29, 0.717) is 19.6 Å². The van der Waals surface area contributed by atoms with Gasteiger partial charge in [0.2, 0.25) is 5.91 Å². The third-order valence-corrected chi connectivity index (χ3v) is 2.54. The number of hydrogen-bond donors (Lipinski definition) is 1. The zero-order valence-corrected chi connectivity index (χ0v) is 8.67. The van der Waals surface area contributed by atoms with E-state index in [9.17, 15) is 9.59 Å². The van der Waals surface area contributed by atoms with Gasteiger partial charge in [0.15, 0.2) is 5.82 Å². The zero-order valence-electron chi connectivity index (χ0n) is 8.67. The summed E-state index contributed by atoms with van der Waals surface area (Å²) in [6.45, 7) is 1.67. The van der Waals surface area contributed by atoms with Crippen molar-refractivity contribution in [3.63, 3.8) is 0 Å². The molecule has 0 unspecified atom stereocenters. The summed E-state index contributed by atoms with van der Waals surface area (Å²) in [5, 5.41) is 16.1. The van der Waals surface area contributed by atoms with Crippen LogP contribution in [0.2, 0.25) is 0 Å². The molecule has 2 heterocycles. The number of carboxylic acids is 1. The lowest BCUT2D eigenvalue weighted by atomic mass is 10.2. The molecule has 1 aromatic rings. The van der Waals surface area contributed by atoms with Crippen LogP contribution in [-0.2, 0) is 22.7 Å². The summed E-state index contributed by atoms with van der Waals surface area (Å²) < 4.78 is 1.89. The van der Waals surface area contributed by atoms with E-state index in [4.69, 9.17) is 5.11 Å². The molecule has 1 aromatic heterocycles. The summed E-state index contributed by atoms with van der Waals surface area (Å²) in [6.07, 6.45) is 1.56. The zero-order chi connectivity index (χ0) is 11.5. The van der Waals surface area contributed by atoms with Crippen molar-refractivity contribution in [3.8, 4) is 0 Å². The van der Waals surface area contributed by atoms with Crippen LogP contribution in [0.3, 0.4) is 0 Å². The van der Waals surface area contributed by atoms with Gasteiger partial charge in [-0.1, -0.05) is 0 Å². The maximum Gasteiger partial charge on any atom is 0.303 e. The Kier molecular flexibility index (Phi) is 2.84. The van der Waals surface area contributed by atoms with E-state index < -0.39 is 5.97 Å². The molecule has 1 aliphatic rings. The number of amides is 1. The van der Waals surface area contributed by atoms with Crippen molar-refractivity contribution >= 4 is 11.9 Å². The molecule has 1 aliphatic heterocycles. The predicted octanol–water partition coefficient (Wildman–Crippen LogP) is -0.515. The molecule has 86 valence electrons. The van der Waals surface area contributed by atoms with Crippen LogP contribution in [0.5, 0.6) is 0 Å². The van der Waals surface area contributed by atoms with Gasteiger partial charge in [0.25, 0.3) is 0 Å². The van der Waals surface area contributed by atoms with Crippen LogP contribution >= 0.6 is 0 Å². The number of aliphatic carboxylic acids is 1. The van der Waals surface area contributed by atoms with E-state index >= 15 is 0 Å². The molecule has 0 spiro atoms. The van der Waals surface area contributed by atoms with Crippen LogP contribution < -0.4 is 0 Å².